The summed E-state index contributed by atoms with van der Waals surface area (Å²) in [6, 6.07) is 9.46. The van der Waals surface area contributed by atoms with E-state index in [9.17, 15) is 20.1 Å². The number of aliphatic hydroxyl groups is 3. The van der Waals surface area contributed by atoms with Gasteiger partial charge < -0.3 is 25.4 Å². The Morgan fingerprint density at radius 2 is 2.00 bits per heavy atom. The predicted octanol–water partition coefficient (Wildman–Crippen LogP) is 2.98. The minimum atomic E-state index is -0.667. The van der Waals surface area contributed by atoms with Gasteiger partial charge in [-0.3, -0.25) is 4.79 Å². The van der Waals surface area contributed by atoms with Crippen LogP contribution in [0.3, 0.4) is 0 Å². The number of benzene rings is 1. The van der Waals surface area contributed by atoms with Crippen molar-refractivity contribution in [3.63, 3.8) is 0 Å². The highest BCUT2D eigenvalue weighted by Crippen LogP contribution is 2.36. The summed E-state index contributed by atoms with van der Waals surface area (Å²) >= 11 is 0. The quantitative estimate of drug-likeness (QED) is 0.284. The van der Waals surface area contributed by atoms with Crippen molar-refractivity contribution >= 4 is 5.91 Å². The van der Waals surface area contributed by atoms with Crippen molar-refractivity contribution < 1.29 is 24.9 Å². The summed E-state index contributed by atoms with van der Waals surface area (Å²) in [7, 11) is 0. The van der Waals surface area contributed by atoms with Gasteiger partial charge in [0.25, 0.3) is 0 Å². The monoisotopic (exact) mass is 431 g/mol. The van der Waals surface area contributed by atoms with Gasteiger partial charge >= 0.3 is 0 Å². The SMILES string of the molecule is CCNC(=O)CCCC=CCC1C(O)CC(O)C1C=CC(O)CCOc1ccccc1. The van der Waals surface area contributed by atoms with Gasteiger partial charge in [0.1, 0.15) is 5.75 Å². The maximum Gasteiger partial charge on any atom is 0.219 e. The lowest BCUT2D eigenvalue weighted by Gasteiger charge is -2.19. The number of aliphatic hydroxyl groups excluding tert-OH is 3. The summed E-state index contributed by atoms with van der Waals surface area (Å²) in [6.07, 6.45) is 9.30. The maximum absolute atomic E-state index is 11.4. The second kappa shape index (κ2) is 14.0. The lowest BCUT2D eigenvalue weighted by Crippen LogP contribution is -2.21. The number of rotatable bonds is 13. The zero-order valence-electron chi connectivity index (χ0n) is 18.4. The predicted molar refractivity (Wildman–Crippen MR) is 122 cm³/mol. The Balaban J connectivity index is 1.74. The van der Waals surface area contributed by atoms with Gasteiger partial charge in [-0.2, -0.15) is 0 Å². The van der Waals surface area contributed by atoms with Gasteiger partial charge in [-0.15, -0.1) is 0 Å². The molecule has 5 unspecified atom stereocenters. The van der Waals surface area contributed by atoms with Gasteiger partial charge in [0.05, 0.1) is 24.9 Å². The summed E-state index contributed by atoms with van der Waals surface area (Å²) in [5.74, 6) is 0.562. The Hall–Kier alpha value is -2.15. The third-order valence-corrected chi connectivity index (χ3v) is 5.62. The van der Waals surface area contributed by atoms with Crippen molar-refractivity contribution in [2.24, 2.45) is 11.8 Å². The second-order valence-electron chi connectivity index (χ2n) is 8.07. The number of carbonyl (C=O) groups excluding carboxylic acids is 1. The molecule has 0 aromatic heterocycles. The van der Waals surface area contributed by atoms with Crippen LogP contribution in [0, 0.1) is 11.8 Å². The van der Waals surface area contributed by atoms with Gasteiger partial charge in [0.2, 0.25) is 5.91 Å². The van der Waals surface area contributed by atoms with Gasteiger partial charge in [-0.25, -0.2) is 0 Å². The Morgan fingerprint density at radius 1 is 1.23 bits per heavy atom. The lowest BCUT2D eigenvalue weighted by molar-refractivity contribution is -0.121. The fourth-order valence-corrected chi connectivity index (χ4v) is 3.91. The fourth-order valence-electron chi connectivity index (χ4n) is 3.91. The van der Waals surface area contributed by atoms with Crippen LogP contribution < -0.4 is 10.1 Å². The number of allylic oxidation sites excluding steroid dienone is 2. The largest absolute Gasteiger partial charge is 0.493 e. The summed E-state index contributed by atoms with van der Waals surface area (Å²) in [5.41, 5.74) is 0. The van der Waals surface area contributed by atoms with E-state index in [1.54, 1.807) is 6.08 Å². The standard InChI is InChI=1S/C25H37NO5/c1-2-26-25(30)13-9-4-3-8-12-21-22(24(29)18-23(21)28)15-14-19(27)16-17-31-20-10-6-5-7-11-20/h3,5-8,10-11,14-15,19,21-24,27-29H,2,4,9,12-13,16-18H2,1H3,(H,26,30). The molecule has 0 saturated heterocycles. The summed E-state index contributed by atoms with van der Waals surface area (Å²) in [4.78, 5) is 11.4. The fraction of sp³-hybridized carbons (Fsp3) is 0.560. The van der Waals surface area contributed by atoms with Crippen molar-refractivity contribution in [2.75, 3.05) is 13.2 Å². The molecule has 1 amide bonds. The third-order valence-electron chi connectivity index (χ3n) is 5.62. The van der Waals surface area contributed by atoms with Crippen LogP contribution >= 0.6 is 0 Å². The molecule has 1 aliphatic rings. The van der Waals surface area contributed by atoms with E-state index in [-0.39, 0.29) is 17.7 Å². The third kappa shape index (κ3) is 9.25. The van der Waals surface area contributed by atoms with E-state index in [1.807, 2.05) is 55.5 Å². The van der Waals surface area contributed by atoms with Crippen LogP contribution in [-0.2, 0) is 4.79 Å². The molecule has 0 spiro atoms. The first-order valence-electron chi connectivity index (χ1n) is 11.3. The number of hydrogen-bond donors (Lipinski definition) is 4. The zero-order valence-corrected chi connectivity index (χ0v) is 18.4. The molecule has 0 heterocycles. The van der Waals surface area contributed by atoms with Crippen molar-refractivity contribution in [1.29, 1.82) is 0 Å². The number of hydrogen-bond acceptors (Lipinski definition) is 5. The maximum atomic E-state index is 11.4. The van der Waals surface area contributed by atoms with E-state index in [0.717, 1.165) is 18.6 Å². The van der Waals surface area contributed by atoms with Crippen LogP contribution in [0.25, 0.3) is 0 Å². The first-order chi connectivity index (χ1) is 15.0. The van der Waals surface area contributed by atoms with E-state index in [2.05, 4.69) is 5.32 Å². The van der Waals surface area contributed by atoms with Crippen LogP contribution in [-0.4, -0.2) is 52.7 Å². The molecule has 0 bridgehead atoms. The van der Waals surface area contributed by atoms with Crippen LogP contribution in [0.1, 0.15) is 45.4 Å². The van der Waals surface area contributed by atoms with Crippen LogP contribution in [0.5, 0.6) is 5.75 Å². The Labute approximate surface area is 185 Å². The average molecular weight is 432 g/mol. The molecule has 1 aromatic rings. The Kier molecular flexibility index (Phi) is 11.4. The lowest BCUT2D eigenvalue weighted by atomic mass is 9.89. The summed E-state index contributed by atoms with van der Waals surface area (Å²) in [5, 5.41) is 33.7. The van der Waals surface area contributed by atoms with E-state index in [0.29, 0.717) is 38.8 Å². The molecular weight excluding hydrogens is 394 g/mol. The van der Waals surface area contributed by atoms with Gasteiger partial charge in [-0.1, -0.05) is 42.5 Å². The number of amides is 1. The molecule has 5 atom stereocenters. The van der Waals surface area contributed by atoms with E-state index < -0.39 is 18.3 Å². The molecule has 0 radical (unpaired) electrons. The van der Waals surface area contributed by atoms with Crippen LogP contribution in [0.15, 0.2) is 54.6 Å². The molecule has 1 saturated carbocycles. The van der Waals surface area contributed by atoms with Crippen LogP contribution in [0.4, 0.5) is 0 Å². The average Bonchev–Trinajstić information content (AvgIpc) is 3.02. The molecule has 172 valence electrons. The number of ether oxygens (including phenoxy) is 1. The zero-order chi connectivity index (χ0) is 22.5. The van der Waals surface area contributed by atoms with Gasteiger partial charge in [0.15, 0.2) is 0 Å². The van der Waals surface area contributed by atoms with Gasteiger partial charge in [-0.05, 0) is 44.2 Å². The minimum Gasteiger partial charge on any atom is -0.493 e. The number of carbonyl (C=O) groups is 1. The van der Waals surface area contributed by atoms with Crippen molar-refractivity contribution in [2.45, 2.75) is 63.8 Å². The van der Waals surface area contributed by atoms with E-state index >= 15 is 0 Å². The summed E-state index contributed by atoms with van der Waals surface area (Å²) in [6.45, 7) is 2.95. The molecule has 31 heavy (non-hydrogen) atoms. The highest BCUT2D eigenvalue weighted by atomic mass is 16.5. The smallest absolute Gasteiger partial charge is 0.219 e. The molecule has 6 heteroatoms. The molecule has 0 aliphatic heterocycles. The van der Waals surface area contributed by atoms with Crippen molar-refractivity contribution in [3.05, 3.63) is 54.6 Å². The van der Waals surface area contributed by atoms with E-state index in [1.165, 1.54) is 0 Å². The molecular formula is C25H37NO5. The van der Waals surface area contributed by atoms with E-state index in [4.69, 9.17) is 4.74 Å². The number of unbranched alkanes of at least 4 members (excludes halogenated alkanes) is 1. The molecule has 2 rings (SSSR count). The normalized spacial score (nSPS) is 24.6. The first-order valence-corrected chi connectivity index (χ1v) is 11.3. The molecule has 1 aromatic carbocycles. The van der Waals surface area contributed by atoms with Gasteiger partial charge in [0, 0.05) is 31.7 Å². The Bertz CT molecular complexity index is 690. The highest BCUT2D eigenvalue weighted by molar-refractivity contribution is 5.75. The summed E-state index contributed by atoms with van der Waals surface area (Å²) < 4.78 is 5.60. The minimum absolute atomic E-state index is 0.0724. The molecule has 6 nitrogen and oxygen atoms in total. The topological polar surface area (TPSA) is 99.0 Å². The Morgan fingerprint density at radius 3 is 2.74 bits per heavy atom. The molecule has 4 N–H and O–H groups in total. The number of para-hydroxylation sites is 1. The van der Waals surface area contributed by atoms with Crippen molar-refractivity contribution in [3.8, 4) is 5.75 Å². The molecule has 1 fully saturated rings. The van der Waals surface area contributed by atoms with Crippen molar-refractivity contribution in [1.82, 2.24) is 5.32 Å². The molecule has 1 aliphatic carbocycles. The highest BCUT2D eigenvalue weighted by Gasteiger charge is 2.39. The number of nitrogens with one attached hydrogen (secondary N) is 1. The van der Waals surface area contributed by atoms with Crippen LogP contribution in [0.2, 0.25) is 0 Å². The second-order valence-corrected chi connectivity index (χ2v) is 8.07. The first kappa shape index (κ1) is 25.1.